The van der Waals surface area contributed by atoms with Crippen molar-refractivity contribution in [3.63, 3.8) is 0 Å². The Kier molecular flexibility index (Phi) is 5.50. The molecule has 0 saturated heterocycles. The lowest BCUT2D eigenvalue weighted by molar-refractivity contribution is -0.113. The van der Waals surface area contributed by atoms with Crippen LogP contribution >= 0.6 is 27.7 Å². The summed E-state index contributed by atoms with van der Waals surface area (Å²) < 4.78 is 2.62. The summed E-state index contributed by atoms with van der Waals surface area (Å²) in [7, 11) is 0. The molecule has 1 N–H and O–H groups in total. The molecule has 1 heterocycles. The number of amides is 1. The number of hydrogen-bond acceptors (Lipinski definition) is 5. The van der Waals surface area contributed by atoms with Gasteiger partial charge in [0.1, 0.15) is 0 Å². The predicted octanol–water partition coefficient (Wildman–Crippen LogP) is 3.77. The number of rotatable bonds is 5. The number of carbonyl (C=O) groups is 1. The topological polar surface area (TPSA) is 72.7 Å². The number of thioether (sulfide) groups is 1. The van der Waals surface area contributed by atoms with Crippen molar-refractivity contribution in [3.05, 3.63) is 58.1 Å². The second-order valence-corrected chi connectivity index (χ2v) is 7.37. The molecular formula is C17H16BrN5OS. The van der Waals surface area contributed by atoms with Crippen molar-refractivity contribution in [2.24, 2.45) is 0 Å². The van der Waals surface area contributed by atoms with Gasteiger partial charge in [0.2, 0.25) is 11.1 Å². The van der Waals surface area contributed by atoms with Crippen molar-refractivity contribution in [3.8, 4) is 5.69 Å². The van der Waals surface area contributed by atoms with Gasteiger partial charge >= 0.3 is 0 Å². The molecule has 0 bridgehead atoms. The number of halogens is 1. The molecule has 1 aromatic heterocycles. The number of aryl methyl sites for hydroxylation is 2. The summed E-state index contributed by atoms with van der Waals surface area (Å²) in [6.07, 6.45) is 0. The van der Waals surface area contributed by atoms with E-state index >= 15 is 0 Å². The first-order valence-corrected chi connectivity index (χ1v) is 9.35. The average Bonchev–Trinajstić information content (AvgIpc) is 3.04. The molecule has 3 aromatic rings. The number of nitrogens with one attached hydrogen (secondary N) is 1. The van der Waals surface area contributed by atoms with Gasteiger partial charge in [-0.25, -0.2) is 0 Å². The minimum absolute atomic E-state index is 0.103. The Bertz CT molecular complexity index is 912. The molecule has 25 heavy (non-hydrogen) atoms. The van der Waals surface area contributed by atoms with Gasteiger partial charge in [-0.1, -0.05) is 39.8 Å². The van der Waals surface area contributed by atoms with Crippen LogP contribution in [-0.2, 0) is 4.79 Å². The SMILES string of the molecule is Cc1cccc(-n2nnnc2SCC(=O)Nc2ccc(Br)cc2C)c1. The lowest BCUT2D eigenvalue weighted by Crippen LogP contribution is -2.15. The Morgan fingerprint density at radius 1 is 1.24 bits per heavy atom. The molecule has 8 heteroatoms. The maximum absolute atomic E-state index is 12.2. The van der Waals surface area contributed by atoms with Gasteiger partial charge in [-0.3, -0.25) is 4.79 Å². The van der Waals surface area contributed by atoms with Gasteiger partial charge in [0.15, 0.2) is 0 Å². The van der Waals surface area contributed by atoms with E-state index in [-0.39, 0.29) is 11.7 Å². The first-order chi connectivity index (χ1) is 12.0. The maximum Gasteiger partial charge on any atom is 0.234 e. The molecule has 0 unspecified atom stereocenters. The number of anilines is 1. The standard InChI is InChI=1S/C17H16BrN5OS/c1-11-4-3-5-14(8-11)23-17(20-21-22-23)25-10-16(24)19-15-7-6-13(18)9-12(15)2/h3-9H,10H2,1-2H3,(H,19,24). The monoisotopic (exact) mass is 417 g/mol. The summed E-state index contributed by atoms with van der Waals surface area (Å²) in [5, 5.41) is 15.2. The number of nitrogens with zero attached hydrogens (tertiary/aromatic N) is 4. The van der Waals surface area contributed by atoms with Crippen molar-refractivity contribution in [2.45, 2.75) is 19.0 Å². The zero-order chi connectivity index (χ0) is 17.8. The maximum atomic E-state index is 12.2. The second kappa shape index (κ2) is 7.79. The van der Waals surface area contributed by atoms with Crippen LogP contribution in [0.25, 0.3) is 5.69 Å². The van der Waals surface area contributed by atoms with Gasteiger partial charge in [0.25, 0.3) is 0 Å². The second-order valence-electron chi connectivity index (χ2n) is 5.51. The lowest BCUT2D eigenvalue weighted by atomic mass is 10.2. The highest BCUT2D eigenvalue weighted by Crippen LogP contribution is 2.22. The Morgan fingerprint density at radius 3 is 2.84 bits per heavy atom. The minimum atomic E-state index is -0.103. The van der Waals surface area contributed by atoms with Gasteiger partial charge in [0.05, 0.1) is 11.4 Å². The van der Waals surface area contributed by atoms with Crippen LogP contribution in [0, 0.1) is 13.8 Å². The summed E-state index contributed by atoms with van der Waals surface area (Å²) in [5.74, 6) is 0.121. The van der Waals surface area contributed by atoms with Crippen molar-refractivity contribution in [1.82, 2.24) is 20.2 Å². The van der Waals surface area contributed by atoms with E-state index in [9.17, 15) is 4.79 Å². The number of benzene rings is 2. The first kappa shape index (κ1) is 17.6. The van der Waals surface area contributed by atoms with Crippen LogP contribution in [0.15, 0.2) is 52.1 Å². The van der Waals surface area contributed by atoms with Crippen molar-refractivity contribution < 1.29 is 4.79 Å². The Balaban J connectivity index is 1.66. The van der Waals surface area contributed by atoms with E-state index in [1.807, 2.05) is 56.3 Å². The molecule has 0 aliphatic carbocycles. The van der Waals surface area contributed by atoms with E-state index in [1.54, 1.807) is 4.68 Å². The molecule has 0 atom stereocenters. The first-order valence-electron chi connectivity index (χ1n) is 7.57. The molecule has 0 saturated carbocycles. The summed E-state index contributed by atoms with van der Waals surface area (Å²) in [6, 6.07) is 13.6. The summed E-state index contributed by atoms with van der Waals surface area (Å²) in [5.41, 5.74) is 3.79. The molecule has 0 spiro atoms. The fourth-order valence-electron chi connectivity index (χ4n) is 2.27. The van der Waals surface area contributed by atoms with Crippen LogP contribution in [0.1, 0.15) is 11.1 Å². The van der Waals surface area contributed by atoms with E-state index in [1.165, 1.54) is 11.8 Å². The van der Waals surface area contributed by atoms with Gasteiger partial charge in [-0.05, 0) is 65.7 Å². The van der Waals surface area contributed by atoms with E-state index in [2.05, 4.69) is 36.8 Å². The van der Waals surface area contributed by atoms with Gasteiger partial charge < -0.3 is 5.32 Å². The molecule has 3 rings (SSSR count). The smallest absolute Gasteiger partial charge is 0.234 e. The lowest BCUT2D eigenvalue weighted by Gasteiger charge is -2.09. The summed E-state index contributed by atoms with van der Waals surface area (Å²) >= 11 is 4.71. The minimum Gasteiger partial charge on any atom is -0.325 e. The zero-order valence-electron chi connectivity index (χ0n) is 13.7. The normalized spacial score (nSPS) is 10.7. The third-order valence-electron chi connectivity index (χ3n) is 3.48. The Hall–Kier alpha value is -2.19. The third kappa shape index (κ3) is 4.46. The fraction of sp³-hybridized carbons (Fsp3) is 0.176. The molecule has 6 nitrogen and oxygen atoms in total. The molecule has 2 aromatic carbocycles. The van der Waals surface area contributed by atoms with Crippen LogP contribution in [0.5, 0.6) is 0 Å². The van der Waals surface area contributed by atoms with E-state index < -0.39 is 0 Å². The number of hydrogen-bond donors (Lipinski definition) is 1. The Morgan fingerprint density at radius 2 is 2.08 bits per heavy atom. The molecular weight excluding hydrogens is 402 g/mol. The molecule has 0 radical (unpaired) electrons. The molecule has 0 aliphatic heterocycles. The van der Waals surface area contributed by atoms with E-state index in [4.69, 9.17) is 0 Å². The zero-order valence-corrected chi connectivity index (χ0v) is 16.1. The molecule has 0 fully saturated rings. The highest BCUT2D eigenvalue weighted by molar-refractivity contribution is 9.10. The van der Waals surface area contributed by atoms with Crippen LogP contribution in [0.2, 0.25) is 0 Å². The fourth-order valence-corrected chi connectivity index (χ4v) is 3.44. The van der Waals surface area contributed by atoms with Crippen LogP contribution in [0.4, 0.5) is 5.69 Å². The van der Waals surface area contributed by atoms with Crippen LogP contribution in [-0.4, -0.2) is 31.9 Å². The summed E-state index contributed by atoms with van der Waals surface area (Å²) in [4.78, 5) is 12.2. The Labute approximate surface area is 158 Å². The van der Waals surface area contributed by atoms with Crippen molar-refractivity contribution in [2.75, 3.05) is 11.1 Å². The van der Waals surface area contributed by atoms with Crippen LogP contribution in [0.3, 0.4) is 0 Å². The largest absolute Gasteiger partial charge is 0.325 e. The molecule has 128 valence electrons. The van der Waals surface area contributed by atoms with Crippen molar-refractivity contribution >= 4 is 39.3 Å². The number of tetrazole rings is 1. The quantitative estimate of drug-likeness (QED) is 0.639. The van der Waals surface area contributed by atoms with Gasteiger partial charge in [-0.15, -0.1) is 5.10 Å². The highest BCUT2D eigenvalue weighted by atomic mass is 79.9. The summed E-state index contributed by atoms with van der Waals surface area (Å²) in [6.45, 7) is 3.96. The van der Waals surface area contributed by atoms with Gasteiger partial charge in [0, 0.05) is 10.2 Å². The number of aromatic nitrogens is 4. The highest BCUT2D eigenvalue weighted by Gasteiger charge is 2.12. The predicted molar refractivity (Wildman–Crippen MR) is 102 cm³/mol. The number of carbonyl (C=O) groups excluding carboxylic acids is 1. The van der Waals surface area contributed by atoms with Gasteiger partial charge in [-0.2, -0.15) is 4.68 Å². The van der Waals surface area contributed by atoms with E-state index in [0.29, 0.717) is 5.16 Å². The van der Waals surface area contributed by atoms with Crippen LogP contribution < -0.4 is 5.32 Å². The molecule has 0 aliphatic rings. The van der Waals surface area contributed by atoms with E-state index in [0.717, 1.165) is 27.0 Å². The average molecular weight is 418 g/mol. The third-order valence-corrected chi connectivity index (χ3v) is 4.89. The van der Waals surface area contributed by atoms with Crippen molar-refractivity contribution in [1.29, 1.82) is 0 Å². The molecule has 1 amide bonds.